The molecule has 1 N–H and O–H groups in total. The summed E-state index contributed by atoms with van der Waals surface area (Å²) in [5.41, 5.74) is 1.18. The molecule has 5 heteroatoms. The molecule has 0 aromatic carbocycles. The summed E-state index contributed by atoms with van der Waals surface area (Å²) in [6, 6.07) is 2.02. The first-order valence-electron chi connectivity index (χ1n) is 5.74. The molecule has 1 aliphatic heterocycles. The molecule has 1 amide bonds. The number of carbonyl (C=O) groups excluding carboxylic acids is 1. The number of rotatable bonds is 3. The van der Waals surface area contributed by atoms with E-state index in [-0.39, 0.29) is 5.91 Å². The van der Waals surface area contributed by atoms with E-state index in [1.165, 1.54) is 18.5 Å². The Labute approximate surface area is 99.8 Å². The molecule has 2 aliphatic rings. The standard InChI is InChI=1S/C11H15N3OS/c15-11-3-7(6-16)5-14(11)10-4-9(12-13-10)8-1-2-8/h4,7-8,16H,1-3,5-6H2,(H,12,13). The van der Waals surface area contributed by atoms with Crippen LogP contribution in [0.25, 0.3) is 0 Å². The maximum Gasteiger partial charge on any atom is 0.228 e. The van der Waals surface area contributed by atoms with Crippen LogP contribution in [0, 0.1) is 5.92 Å². The van der Waals surface area contributed by atoms with E-state index in [9.17, 15) is 4.79 Å². The van der Waals surface area contributed by atoms with E-state index >= 15 is 0 Å². The number of nitrogens with one attached hydrogen (secondary N) is 1. The Morgan fingerprint density at radius 3 is 3.00 bits per heavy atom. The van der Waals surface area contributed by atoms with E-state index in [0.717, 1.165) is 18.1 Å². The number of aromatic nitrogens is 2. The molecule has 1 saturated heterocycles. The first-order chi connectivity index (χ1) is 7.78. The minimum atomic E-state index is 0.174. The van der Waals surface area contributed by atoms with Gasteiger partial charge in [0.2, 0.25) is 5.91 Å². The minimum absolute atomic E-state index is 0.174. The summed E-state index contributed by atoms with van der Waals surface area (Å²) in [6.07, 6.45) is 3.10. The lowest BCUT2D eigenvalue weighted by atomic mass is 10.1. The van der Waals surface area contributed by atoms with Crippen molar-refractivity contribution >= 4 is 24.4 Å². The highest BCUT2D eigenvalue weighted by molar-refractivity contribution is 7.80. The molecule has 2 heterocycles. The second-order valence-corrected chi connectivity index (χ2v) is 5.08. The molecule has 1 unspecified atom stereocenters. The van der Waals surface area contributed by atoms with E-state index in [0.29, 0.717) is 18.3 Å². The van der Waals surface area contributed by atoms with Crippen LogP contribution in [-0.4, -0.2) is 28.4 Å². The van der Waals surface area contributed by atoms with Crippen LogP contribution >= 0.6 is 12.6 Å². The van der Waals surface area contributed by atoms with Crippen molar-refractivity contribution in [1.82, 2.24) is 10.2 Å². The topological polar surface area (TPSA) is 49.0 Å². The summed E-state index contributed by atoms with van der Waals surface area (Å²) in [6.45, 7) is 0.761. The fourth-order valence-corrected chi connectivity index (χ4v) is 2.44. The highest BCUT2D eigenvalue weighted by atomic mass is 32.1. The van der Waals surface area contributed by atoms with Gasteiger partial charge in [0.15, 0.2) is 5.82 Å². The Morgan fingerprint density at radius 1 is 1.56 bits per heavy atom. The van der Waals surface area contributed by atoms with E-state index in [1.54, 1.807) is 4.90 Å². The van der Waals surface area contributed by atoms with Crippen LogP contribution in [0.2, 0.25) is 0 Å². The Balaban J connectivity index is 1.78. The average Bonchev–Trinajstić information content (AvgIpc) is 2.89. The molecule has 0 radical (unpaired) electrons. The van der Waals surface area contributed by atoms with Gasteiger partial charge < -0.3 is 0 Å². The van der Waals surface area contributed by atoms with Gasteiger partial charge in [-0.15, -0.1) is 0 Å². The molecule has 1 aliphatic carbocycles. The van der Waals surface area contributed by atoms with Gasteiger partial charge in [0.25, 0.3) is 0 Å². The fraction of sp³-hybridized carbons (Fsp3) is 0.636. The van der Waals surface area contributed by atoms with Crippen molar-refractivity contribution in [2.45, 2.75) is 25.2 Å². The van der Waals surface area contributed by atoms with E-state index < -0.39 is 0 Å². The largest absolute Gasteiger partial charge is 0.295 e. The van der Waals surface area contributed by atoms with Gasteiger partial charge in [0.05, 0.1) is 0 Å². The monoisotopic (exact) mass is 237 g/mol. The first kappa shape index (κ1) is 10.2. The smallest absolute Gasteiger partial charge is 0.228 e. The third kappa shape index (κ3) is 1.73. The zero-order valence-electron chi connectivity index (χ0n) is 9.02. The van der Waals surface area contributed by atoms with Gasteiger partial charge in [-0.25, -0.2) is 0 Å². The zero-order valence-corrected chi connectivity index (χ0v) is 9.91. The van der Waals surface area contributed by atoms with Crippen LogP contribution in [0.15, 0.2) is 6.07 Å². The van der Waals surface area contributed by atoms with Crippen LogP contribution in [0.5, 0.6) is 0 Å². The molecule has 0 bridgehead atoms. The SMILES string of the molecule is O=C1CC(CS)CN1c1cc(C2CC2)[nH]n1. The molecule has 1 aromatic heterocycles. The molecule has 1 aromatic rings. The maximum atomic E-state index is 11.8. The highest BCUT2D eigenvalue weighted by Gasteiger charge is 2.32. The Bertz CT molecular complexity index is 413. The molecular weight excluding hydrogens is 222 g/mol. The normalized spacial score (nSPS) is 25.4. The average molecular weight is 237 g/mol. The summed E-state index contributed by atoms with van der Waals surface area (Å²) >= 11 is 4.25. The van der Waals surface area contributed by atoms with Gasteiger partial charge in [-0.2, -0.15) is 17.7 Å². The molecule has 16 heavy (non-hydrogen) atoms. The molecule has 1 saturated carbocycles. The van der Waals surface area contributed by atoms with Crippen molar-refractivity contribution in [1.29, 1.82) is 0 Å². The Morgan fingerprint density at radius 2 is 2.38 bits per heavy atom. The van der Waals surface area contributed by atoms with Gasteiger partial charge in [0, 0.05) is 30.6 Å². The van der Waals surface area contributed by atoms with Crippen molar-refractivity contribution in [3.63, 3.8) is 0 Å². The van der Waals surface area contributed by atoms with Crippen molar-refractivity contribution in [3.8, 4) is 0 Å². The van der Waals surface area contributed by atoms with Crippen molar-refractivity contribution in [2.75, 3.05) is 17.2 Å². The summed E-state index contributed by atoms with van der Waals surface area (Å²) in [4.78, 5) is 13.6. The quantitative estimate of drug-likeness (QED) is 0.784. The molecule has 0 spiro atoms. The second kappa shape index (κ2) is 3.80. The molecule has 86 valence electrons. The number of aromatic amines is 1. The van der Waals surface area contributed by atoms with E-state index in [4.69, 9.17) is 0 Å². The van der Waals surface area contributed by atoms with Gasteiger partial charge in [-0.3, -0.25) is 14.8 Å². The summed E-state index contributed by atoms with van der Waals surface area (Å²) in [5.74, 6) is 2.75. The zero-order chi connectivity index (χ0) is 11.1. The van der Waals surface area contributed by atoms with Crippen LogP contribution < -0.4 is 4.90 Å². The predicted molar refractivity (Wildman–Crippen MR) is 64.9 cm³/mol. The Kier molecular flexibility index (Phi) is 2.42. The number of carbonyl (C=O) groups is 1. The van der Waals surface area contributed by atoms with Gasteiger partial charge in [-0.05, 0) is 24.5 Å². The third-order valence-electron chi connectivity index (χ3n) is 3.34. The molecular formula is C11H15N3OS. The number of H-pyrrole nitrogens is 1. The first-order valence-corrected chi connectivity index (χ1v) is 6.37. The van der Waals surface area contributed by atoms with Gasteiger partial charge in [0.1, 0.15) is 0 Å². The summed E-state index contributed by atoms with van der Waals surface area (Å²) < 4.78 is 0. The van der Waals surface area contributed by atoms with Crippen molar-refractivity contribution in [2.24, 2.45) is 5.92 Å². The van der Waals surface area contributed by atoms with Crippen LogP contribution in [0.1, 0.15) is 30.9 Å². The molecule has 1 atom stereocenters. The summed E-state index contributed by atoms with van der Waals surface area (Å²) in [7, 11) is 0. The lowest BCUT2D eigenvalue weighted by molar-refractivity contribution is -0.117. The third-order valence-corrected chi connectivity index (χ3v) is 3.86. The van der Waals surface area contributed by atoms with Crippen molar-refractivity contribution < 1.29 is 4.79 Å². The lowest BCUT2D eigenvalue weighted by Gasteiger charge is -2.11. The predicted octanol–water partition coefficient (Wildman–Crippen LogP) is 1.57. The number of nitrogens with zero attached hydrogens (tertiary/aromatic N) is 2. The number of thiol groups is 1. The molecule has 4 nitrogen and oxygen atoms in total. The van der Waals surface area contributed by atoms with Gasteiger partial charge in [-0.1, -0.05) is 0 Å². The number of hydrogen-bond acceptors (Lipinski definition) is 3. The number of anilines is 1. The van der Waals surface area contributed by atoms with Gasteiger partial charge >= 0.3 is 0 Å². The second-order valence-electron chi connectivity index (χ2n) is 4.71. The van der Waals surface area contributed by atoms with E-state index in [1.807, 2.05) is 6.07 Å². The minimum Gasteiger partial charge on any atom is -0.295 e. The molecule has 2 fully saturated rings. The van der Waals surface area contributed by atoms with Crippen LogP contribution in [-0.2, 0) is 4.79 Å². The van der Waals surface area contributed by atoms with Crippen molar-refractivity contribution in [3.05, 3.63) is 11.8 Å². The summed E-state index contributed by atoms with van der Waals surface area (Å²) in [5, 5.41) is 7.27. The fourth-order valence-electron chi connectivity index (χ4n) is 2.19. The Hall–Kier alpha value is -0.970. The molecule has 3 rings (SSSR count). The number of amides is 1. The van der Waals surface area contributed by atoms with Crippen LogP contribution in [0.4, 0.5) is 5.82 Å². The lowest BCUT2D eigenvalue weighted by Crippen LogP contribution is -2.24. The van der Waals surface area contributed by atoms with E-state index in [2.05, 4.69) is 22.8 Å². The maximum absolute atomic E-state index is 11.8. The van der Waals surface area contributed by atoms with Crippen LogP contribution in [0.3, 0.4) is 0 Å². The highest BCUT2D eigenvalue weighted by Crippen LogP contribution is 2.40. The number of hydrogen-bond donors (Lipinski definition) is 2.